The lowest BCUT2D eigenvalue weighted by molar-refractivity contribution is -0.136. The van der Waals surface area contributed by atoms with E-state index in [1.165, 1.54) is 7.11 Å². The minimum atomic E-state index is -0.616. The molecule has 6 nitrogen and oxygen atoms in total. The first-order chi connectivity index (χ1) is 15.4. The van der Waals surface area contributed by atoms with Crippen LogP contribution < -0.4 is 14.8 Å². The lowest BCUT2D eigenvalue weighted by Crippen LogP contribution is -2.29. The third-order valence-electron chi connectivity index (χ3n) is 5.58. The highest BCUT2D eigenvalue weighted by Gasteiger charge is 2.43. The molecule has 2 aliphatic rings. The van der Waals surface area contributed by atoms with Crippen LogP contribution in [0.5, 0.6) is 11.5 Å². The zero-order valence-electron chi connectivity index (χ0n) is 18.0. The minimum absolute atomic E-state index is 0.108. The van der Waals surface area contributed by atoms with Gasteiger partial charge in [0.25, 0.3) is 0 Å². The monoisotopic (exact) mass is 543 g/mol. The van der Waals surface area contributed by atoms with Crippen molar-refractivity contribution in [1.82, 2.24) is 5.32 Å². The third-order valence-corrected chi connectivity index (χ3v) is 6.39. The van der Waals surface area contributed by atoms with E-state index < -0.39 is 11.9 Å². The molecule has 0 aromatic heterocycles. The van der Waals surface area contributed by atoms with Crippen LogP contribution in [0, 0.1) is 3.57 Å². The van der Waals surface area contributed by atoms with Crippen molar-refractivity contribution in [2.75, 3.05) is 20.8 Å². The number of esters is 1. The maximum atomic E-state index is 13.5. The summed E-state index contributed by atoms with van der Waals surface area (Å²) in [6.07, 6.45) is 1.66. The Labute approximate surface area is 200 Å². The molecule has 0 unspecified atom stereocenters. The van der Waals surface area contributed by atoms with Crippen molar-refractivity contribution in [3.05, 3.63) is 86.2 Å². The van der Waals surface area contributed by atoms with E-state index in [0.717, 1.165) is 20.4 Å². The van der Waals surface area contributed by atoms with Gasteiger partial charge in [-0.15, -0.1) is 0 Å². The Morgan fingerprint density at radius 2 is 1.94 bits per heavy atom. The van der Waals surface area contributed by atoms with Crippen LogP contribution in [0.1, 0.15) is 34.3 Å². The van der Waals surface area contributed by atoms with Gasteiger partial charge in [-0.05, 0) is 47.2 Å². The van der Waals surface area contributed by atoms with Crippen LogP contribution in [-0.4, -0.2) is 32.6 Å². The number of rotatable bonds is 6. The van der Waals surface area contributed by atoms with E-state index in [-0.39, 0.29) is 5.78 Å². The number of methoxy groups -OCH3 is 2. The van der Waals surface area contributed by atoms with Gasteiger partial charge in [-0.25, -0.2) is 4.79 Å². The minimum Gasteiger partial charge on any atom is -0.493 e. The molecule has 0 amide bonds. The first-order valence-corrected chi connectivity index (χ1v) is 11.1. The predicted octanol–water partition coefficient (Wildman–Crippen LogP) is 4.61. The van der Waals surface area contributed by atoms with Crippen molar-refractivity contribution < 1.29 is 23.8 Å². The fourth-order valence-corrected chi connectivity index (χ4v) is 5.01. The number of Topliss-reactive ketones (excluding diaryl/α,β-unsaturated/α-hetero) is 1. The van der Waals surface area contributed by atoms with Gasteiger partial charge in [-0.3, -0.25) is 4.79 Å². The van der Waals surface area contributed by atoms with Crippen LogP contribution in [0.3, 0.4) is 0 Å². The largest absolute Gasteiger partial charge is 0.493 e. The van der Waals surface area contributed by atoms with Crippen LogP contribution in [0.15, 0.2) is 65.9 Å². The first kappa shape index (κ1) is 22.1. The zero-order valence-corrected chi connectivity index (χ0v) is 20.1. The summed E-state index contributed by atoms with van der Waals surface area (Å²) in [6.45, 7) is 5.83. The van der Waals surface area contributed by atoms with E-state index in [1.54, 1.807) is 19.3 Å². The van der Waals surface area contributed by atoms with Gasteiger partial charge in [-0.2, -0.15) is 0 Å². The Morgan fingerprint density at radius 1 is 1.22 bits per heavy atom. The number of carbonyl (C=O) groups excluding carboxylic acids is 2. The third kappa shape index (κ3) is 3.50. The van der Waals surface area contributed by atoms with Gasteiger partial charge in [0.05, 0.1) is 29.1 Å². The number of hydrogen-bond donors (Lipinski definition) is 1. The lowest BCUT2D eigenvalue weighted by Gasteiger charge is -2.29. The van der Waals surface area contributed by atoms with Gasteiger partial charge >= 0.3 is 5.97 Å². The van der Waals surface area contributed by atoms with Crippen molar-refractivity contribution in [2.45, 2.75) is 12.8 Å². The Balaban J connectivity index is 1.94. The maximum absolute atomic E-state index is 13.5. The van der Waals surface area contributed by atoms with Gasteiger partial charge in [0, 0.05) is 28.3 Å². The molecule has 164 valence electrons. The number of fused-ring (bicyclic) bond motifs is 2. The smallest absolute Gasteiger partial charge is 0.336 e. The molecule has 7 heteroatoms. The summed E-state index contributed by atoms with van der Waals surface area (Å²) in [4.78, 5) is 26.3. The first-order valence-electron chi connectivity index (χ1n) is 9.98. The molecule has 0 saturated carbocycles. The Kier molecular flexibility index (Phi) is 6.10. The number of ketones is 1. The van der Waals surface area contributed by atoms with E-state index in [4.69, 9.17) is 14.2 Å². The number of hydrogen-bond acceptors (Lipinski definition) is 6. The molecule has 1 atom stereocenters. The van der Waals surface area contributed by atoms with Crippen molar-refractivity contribution in [3.63, 3.8) is 0 Å². The number of ether oxygens (including phenoxy) is 3. The van der Waals surface area contributed by atoms with Crippen LogP contribution in [0.2, 0.25) is 0 Å². The SMILES string of the molecule is C=CCOc1c(I)cc([C@H]2C(C(=O)OC)=C(C)NC3=C2C(=O)c2ccccc23)cc1OC. The van der Waals surface area contributed by atoms with Crippen molar-refractivity contribution in [2.24, 2.45) is 0 Å². The fourth-order valence-electron chi connectivity index (χ4n) is 4.23. The summed E-state index contributed by atoms with van der Waals surface area (Å²) in [5, 5.41) is 3.28. The number of benzene rings is 2. The molecule has 2 aromatic carbocycles. The molecule has 0 fully saturated rings. The highest BCUT2D eigenvalue weighted by Crippen LogP contribution is 2.48. The van der Waals surface area contributed by atoms with Gasteiger partial charge in [0.15, 0.2) is 17.3 Å². The van der Waals surface area contributed by atoms with Crippen molar-refractivity contribution in [3.8, 4) is 11.5 Å². The summed E-state index contributed by atoms with van der Waals surface area (Å²) in [5.74, 6) is -0.116. The summed E-state index contributed by atoms with van der Waals surface area (Å²) in [5.41, 5.74) is 4.47. The second-order valence-corrected chi connectivity index (χ2v) is 8.55. The van der Waals surface area contributed by atoms with E-state index in [0.29, 0.717) is 40.5 Å². The molecule has 0 saturated heterocycles. The summed E-state index contributed by atoms with van der Waals surface area (Å²) in [7, 11) is 2.90. The summed E-state index contributed by atoms with van der Waals surface area (Å²) >= 11 is 2.17. The molecule has 2 aromatic rings. The molecule has 1 aliphatic heterocycles. The van der Waals surface area contributed by atoms with Gasteiger partial charge in [-0.1, -0.05) is 36.9 Å². The summed E-state index contributed by atoms with van der Waals surface area (Å²) in [6, 6.07) is 11.2. The molecular formula is C25H22INO5. The van der Waals surface area contributed by atoms with Crippen LogP contribution in [-0.2, 0) is 9.53 Å². The van der Waals surface area contributed by atoms with Gasteiger partial charge in [0.2, 0.25) is 0 Å². The molecule has 0 spiro atoms. The fraction of sp³-hybridized carbons (Fsp3) is 0.200. The Morgan fingerprint density at radius 3 is 2.59 bits per heavy atom. The van der Waals surface area contributed by atoms with Crippen molar-refractivity contribution >= 4 is 40.0 Å². The average Bonchev–Trinajstić information content (AvgIpc) is 3.08. The van der Waals surface area contributed by atoms with E-state index in [2.05, 4.69) is 34.5 Å². The second kappa shape index (κ2) is 8.82. The maximum Gasteiger partial charge on any atom is 0.336 e. The average molecular weight is 543 g/mol. The molecular weight excluding hydrogens is 521 g/mol. The highest BCUT2D eigenvalue weighted by atomic mass is 127. The topological polar surface area (TPSA) is 73.9 Å². The van der Waals surface area contributed by atoms with Gasteiger partial charge in [0.1, 0.15) is 6.61 Å². The van der Waals surface area contributed by atoms with Crippen LogP contribution in [0.25, 0.3) is 5.70 Å². The highest BCUT2D eigenvalue weighted by molar-refractivity contribution is 14.1. The molecule has 1 N–H and O–H groups in total. The Bertz CT molecular complexity index is 1210. The molecule has 4 rings (SSSR count). The van der Waals surface area contributed by atoms with E-state index >= 15 is 0 Å². The number of carbonyl (C=O) groups is 2. The molecule has 0 bridgehead atoms. The zero-order chi connectivity index (χ0) is 23.0. The number of allylic oxidation sites excluding steroid dienone is 2. The van der Waals surface area contributed by atoms with Crippen molar-refractivity contribution in [1.29, 1.82) is 0 Å². The molecule has 32 heavy (non-hydrogen) atoms. The second-order valence-electron chi connectivity index (χ2n) is 7.39. The number of dihydropyridines is 1. The number of halogens is 1. The van der Waals surface area contributed by atoms with E-state index in [1.807, 2.05) is 37.3 Å². The van der Waals surface area contributed by atoms with E-state index in [9.17, 15) is 9.59 Å². The van der Waals surface area contributed by atoms with Crippen LogP contribution >= 0.6 is 22.6 Å². The molecule has 1 heterocycles. The quantitative estimate of drug-likeness (QED) is 0.326. The standard InChI is InChI=1S/C25H22INO5/c1-5-10-32-24-17(26)11-14(12-18(24)30-3)20-19(25(29)31-4)13(2)27-22-15-8-6-7-9-16(15)23(28)21(20)22/h5-9,11-12,20,27H,1,10H2,2-4H3/t20-/m0/s1. The van der Waals surface area contributed by atoms with Gasteiger partial charge < -0.3 is 19.5 Å². The van der Waals surface area contributed by atoms with Crippen LogP contribution in [0.4, 0.5) is 0 Å². The Hall–Kier alpha value is -3.07. The molecule has 0 radical (unpaired) electrons. The number of nitrogens with one attached hydrogen (secondary N) is 1. The predicted molar refractivity (Wildman–Crippen MR) is 130 cm³/mol. The summed E-state index contributed by atoms with van der Waals surface area (Å²) < 4.78 is 17.3. The molecule has 1 aliphatic carbocycles. The normalized spacial score (nSPS) is 16.9. The lowest BCUT2D eigenvalue weighted by atomic mass is 9.79.